The van der Waals surface area contributed by atoms with E-state index >= 15 is 0 Å². The van der Waals surface area contributed by atoms with E-state index in [0.29, 0.717) is 19.1 Å². The molecule has 0 amide bonds. The van der Waals surface area contributed by atoms with Crippen LogP contribution in [0.4, 0.5) is 0 Å². The van der Waals surface area contributed by atoms with E-state index in [4.69, 9.17) is 10.5 Å². The Morgan fingerprint density at radius 1 is 1.43 bits per heavy atom. The summed E-state index contributed by atoms with van der Waals surface area (Å²) < 4.78 is 5.51. The number of morpholine rings is 1. The molecule has 1 saturated heterocycles. The van der Waals surface area contributed by atoms with Gasteiger partial charge in [-0.25, -0.2) is 4.99 Å². The number of aliphatic imine (C=N–C) groups is 1. The van der Waals surface area contributed by atoms with Crippen molar-refractivity contribution in [2.75, 3.05) is 19.7 Å². The molecule has 0 spiro atoms. The Kier molecular flexibility index (Phi) is 4.01. The Morgan fingerprint density at radius 3 is 3.14 bits per heavy atom. The molecule has 2 heterocycles. The second-order valence-electron chi connectivity index (χ2n) is 5.28. The molecule has 0 saturated carbocycles. The Labute approximate surface area is 124 Å². The Bertz CT molecular complexity index is 650. The van der Waals surface area contributed by atoms with Gasteiger partial charge in [-0.3, -0.25) is 4.98 Å². The van der Waals surface area contributed by atoms with E-state index in [2.05, 4.69) is 27.0 Å². The molecule has 1 aliphatic rings. The van der Waals surface area contributed by atoms with Crippen LogP contribution in [0.15, 0.2) is 41.5 Å². The predicted octanol–water partition coefficient (Wildman–Crippen LogP) is 1.77. The van der Waals surface area contributed by atoms with Gasteiger partial charge in [0.05, 0.1) is 24.9 Å². The molecule has 0 aliphatic carbocycles. The first-order chi connectivity index (χ1) is 10.2. The summed E-state index contributed by atoms with van der Waals surface area (Å²) in [6.07, 6.45) is 2.02. The normalized spacial score (nSPS) is 20.0. The van der Waals surface area contributed by atoms with Crippen molar-refractivity contribution in [3.05, 3.63) is 42.2 Å². The molecular formula is C16H20N4O. The number of ether oxygens (including phenoxy) is 1. The van der Waals surface area contributed by atoms with Crippen molar-refractivity contribution in [3.63, 3.8) is 0 Å². The Hall–Kier alpha value is -2.14. The van der Waals surface area contributed by atoms with Crippen molar-refractivity contribution < 1.29 is 4.74 Å². The number of pyridine rings is 1. The van der Waals surface area contributed by atoms with Crippen LogP contribution >= 0.6 is 0 Å². The molecule has 1 fully saturated rings. The third-order valence-electron chi connectivity index (χ3n) is 3.71. The third kappa shape index (κ3) is 3.13. The first-order valence-corrected chi connectivity index (χ1v) is 7.23. The molecule has 1 aromatic carbocycles. The minimum absolute atomic E-state index is 0.197. The molecule has 5 nitrogen and oxygen atoms in total. The van der Waals surface area contributed by atoms with Gasteiger partial charge in [0.2, 0.25) is 0 Å². The highest BCUT2D eigenvalue weighted by Gasteiger charge is 2.17. The quantitative estimate of drug-likeness (QED) is 0.674. The molecule has 1 aromatic heterocycles. The molecule has 3 rings (SSSR count). The molecule has 5 heteroatoms. The van der Waals surface area contributed by atoms with E-state index in [1.807, 2.05) is 31.3 Å². The van der Waals surface area contributed by atoms with Gasteiger partial charge in [0.15, 0.2) is 5.96 Å². The number of aromatic nitrogens is 1. The maximum atomic E-state index is 6.10. The van der Waals surface area contributed by atoms with E-state index in [9.17, 15) is 0 Å². The van der Waals surface area contributed by atoms with E-state index < -0.39 is 0 Å². The fraction of sp³-hybridized carbons (Fsp3) is 0.375. The predicted molar refractivity (Wildman–Crippen MR) is 84.1 cm³/mol. The number of nitrogens with zero attached hydrogens (tertiary/aromatic N) is 3. The van der Waals surface area contributed by atoms with Crippen molar-refractivity contribution in [2.45, 2.75) is 19.6 Å². The van der Waals surface area contributed by atoms with E-state index in [-0.39, 0.29) is 6.10 Å². The minimum atomic E-state index is 0.197. The Balaban J connectivity index is 1.77. The van der Waals surface area contributed by atoms with Gasteiger partial charge >= 0.3 is 0 Å². The monoisotopic (exact) mass is 284 g/mol. The second-order valence-corrected chi connectivity index (χ2v) is 5.28. The lowest BCUT2D eigenvalue weighted by molar-refractivity contribution is 0.00528. The summed E-state index contributed by atoms with van der Waals surface area (Å²) >= 11 is 0. The van der Waals surface area contributed by atoms with Crippen LogP contribution in [0.25, 0.3) is 10.8 Å². The summed E-state index contributed by atoms with van der Waals surface area (Å²) in [5.74, 6) is 0.569. The van der Waals surface area contributed by atoms with Crippen molar-refractivity contribution in [1.29, 1.82) is 0 Å². The van der Waals surface area contributed by atoms with Crippen LogP contribution in [0, 0.1) is 0 Å². The van der Waals surface area contributed by atoms with Gasteiger partial charge in [-0.1, -0.05) is 24.3 Å². The van der Waals surface area contributed by atoms with Gasteiger partial charge in [-0.2, -0.15) is 0 Å². The van der Waals surface area contributed by atoms with Crippen LogP contribution in [0.3, 0.4) is 0 Å². The number of benzene rings is 1. The summed E-state index contributed by atoms with van der Waals surface area (Å²) in [6, 6.07) is 10.2. The van der Waals surface area contributed by atoms with Gasteiger partial charge in [0.25, 0.3) is 0 Å². The number of hydrogen-bond acceptors (Lipinski definition) is 3. The second kappa shape index (κ2) is 6.10. The smallest absolute Gasteiger partial charge is 0.191 e. The SMILES string of the molecule is CC1CN(C(N)=NCc2nccc3ccccc23)CCO1. The van der Waals surface area contributed by atoms with Crippen LogP contribution in [-0.4, -0.2) is 41.6 Å². The Morgan fingerprint density at radius 2 is 2.29 bits per heavy atom. The van der Waals surface area contributed by atoms with Gasteiger partial charge in [0, 0.05) is 24.7 Å². The summed E-state index contributed by atoms with van der Waals surface area (Å²) in [5, 5.41) is 2.31. The van der Waals surface area contributed by atoms with Crippen LogP contribution in [0.2, 0.25) is 0 Å². The lowest BCUT2D eigenvalue weighted by atomic mass is 10.1. The number of fused-ring (bicyclic) bond motifs is 1. The molecule has 110 valence electrons. The fourth-order valence-corrected chi connectivity index (χ4v) is 2.59. The summed E-state index contributed by atoms with van der Waals surface area (Å²) in [7, 11) is 0. The zero-order valence-corrected chi connectivity index (χ0v) is 12.2. The highest BCUT2D eigenvalue weighted by atomic mass is 16.5. The van der Waals surface area contributed by atoms with E-state index in [0.717, 1.165) is 24.2 Å². The van der Waals surface area contributed by atoms with Crippen molar-refractivity contribution in [1.82, 2.24) is 9.88 Å². The zero-order chi connectivity index (χ0) is 14.7. The highest BCUT2D eigenvalue weighted by molar-refractivity contribution is 5.84. The van der Waals surface area contributed by atoms with Crippen molar-refractivity contribution >= 4 is 16.7 Å². The average molecular weight is 284 g/mol. The van der Waals surface area contributed by atoms with Crippen LogP contribution in [-0.2, 0) is 11.3 Å². The molecule has 1 atom stereocenters. The highest BCUT2D eigenvalue weighted by Crippen LogP contribution is 2.17. The topological polar surface area (TPSA) is 63.7 Å². The lowest BCUT2D eigenvalue weighted by Gasteiger charge is -2.31. The zero-order valence-electron chi connectivity index (χ0n) is 12.2. The maximum Gasteiger partial charge on any atom is 0.191 e. The van der Waals surface area contributed by atoms with E-state index in [1.165, 1.54) is 5.39 Å². The van der Waals surface area contributed by atoms with Gasteiger partial charge in [-0.15, -0.1) is 0 Å². The number of hydrogen-bond donors (Lipinski definition) is 1. The molecule has 0 bridgehead atoms. The molecule has 2 aromatic rings. The van der Waals surface area contributed by atoms with Crippen LogP contribution in [0.1, 0.15) is 12.6 Å². The van der Waals surface area contributed by atoms with Gasteiger partial charge < -0.3 is 15.4 Å². The number of guanidine groups is 1. The number of rotatable bonds is 2. The fourth-order valence-electron chi connectivity index (χ4n) is 2.59. The average Bonchev–Trinajstić information content (AvgIpc) is 2.52. The van der Waals surface area contributed by atoms with Crippen LogP contribution < -0.4 is 5.73 Å². The molecule has 2 N–H and O–H groups in total. The summed E-state index contributed by atoms with van der Waals surface area (Å²) in [6.45, 7) is 4.83. The van der Waals surface area contributed by atoms with Gasteiger partial charge in [-0.05, 0) is 18.4 Å². The van der Waals surface area contributed by atoms with Gasteiger partial charge in [0.1, 0.15) is 0 Å². The molecular weight excluding hydrogens is 264 g/mol. The first kappa shape index (κ1) is 13.8. The minimum Gasteiger partial charge on any atom is -0.375 e. The maximum absolute atomic E-state index is 6.10. The molecule has 21 heavy (non-hydrogen) atoms. The lowest BCUT2D eigenvalue weighted by Crippen LogP contribution is -2.47. The standard InChI is InChI=1S/C16H20N4O/c1-12-11-20(8-9-21-12)16(17)19-10-15-14-5-3-2-4-13(14)6-7-18-15/h2-7,12H,8-11H2,1H3,(H2,17,19). The summed E-state index contributed by atoms with van der Waals surface area (Å²) in [5.41, 5.74) is 7.05. The van der Waals surface area contributed by atoms with Crippen molar-refractivity contribution in [2.24, 2.45) is 10.7 Å². The largest absolute Gasteiger partial charge is 0.375 e. The van der Waals surface area contributed by atoms with Crippen LogP contribution in [0.5, 0.6) is 0 Å². The molecule has 1 unspecified atom stereocenters. The van der Waals surface area contributed by atoms with Crippen molar-refractivity contribution in [3.8, 4) is 0 Å². The first-order valence-electron chi connectivity index (χ1n) is 7.23. The molecule has 0 radical (unpaired) electrons. The summed E-state index contributed by atoms with van der Waals surface area (Å²) in [4.78, 5) is 11.0. The third-order valence-corrected chi connectivity index (χ3v) is 3.71. The number of nitrogens with two attached hydrogens (primary N) is 1. The molecule has 1 aliphatic heterocycles. The van der Waals surface area contributed by atoms with E-state index in [1.54, 1.807) is 0 Å².